The number of benzene rings is 2. The summed E-state index contributed by atoms with van der Waals surface area (Å²) in [4.78, 5) is 14.1. The molecular weight excluding hydrogens is 326 g/mol. The molecule has 0 saturated heterocycles. The number of hydrogen-bond acceptors (Lipinski definition) is 3. The smallest absolute Gasteiger partial charge is 0.241 e. The van der Waals surface area contributed by atoms with E-state index in [4.69, 9.17) is 4.74 Å². The van der Waals surface area contributed by atoms with Crippen molar-refractivity contribution in [2.24, 2.45) is 0 Å². The molecule has 0 aromatic heterocycles. The Morgan fingerprint density at radius 2 is 1.88 bits per heavy atom. The molecule has 2 rings (SSSR count). The number of carbonyl (C=O) groups is 1. The average Bonchev–Trinajstić information content (AvgIpc) is 2.58. The van der Waals surface area contributed by atoms with E-state index in [9.17, 15) is 13.6 Å². The van der Waals surface area contributed by atoms with Crippen LogP contribution in [0.4, 0.5) is 14.5 Å². The molecule has 1 atom stereocenters. The third-order valence-corrected chi connectivity index (χ3v) is 3.90. The molecule has 2 aromatic carbocycles. The molecule has 0 saturated carbocycles. The van der Waals surface area contributed by atoms with Gasteiger partial charge in [0.05, 0.1) is 18.3 Å². The largest absolute Gasteiger partial charge is 0.494 e. The van der Waals surface area contributed by atoms with Crippen molar-refractivity contribution in [1.82, 2.24) is 4.90 Å². The van der Waals surface area contributed by atoms with Crippen molar-refractivity contribution in [2.45, 2.75) is 26.4 Å². The number of hydrogen-bond donors (Lipinski definition) is 1. The third kappa shape index (κ3) is 5.26. The van der Waals surface area contributed by atoms with Crippen LogP contribution in [-0.2, 0) is 11.3 Å². The fourth-order valence-corrected chi connectivity index (χ4v) is 2.31. The Morgan fingerprint density at radius 3 is 2.48 bits per heavy atom. The highest BCUT2D eigenvalue weighted by molar-refractivity contribution is 5.94. The van der Waals surface area contributed by atoms with Crippen molar-refractivity contribution < 1.29 is 18.3 Å². The van der Waals surface area contributed by atoms with E-state index in [0.717, 1.165) is 23.4 Å². The summed E-state index contributed by atoms with van der Waals surface area (Å²) < 4.78 is 32.0. The van der Waals surface area contributed by atoms with Crippen LogP contribution < -0.4 is 10.1 Å². The van der Waals surface area contributed by atoms with Gasteiger partial charge in [0.15, 0.2) is 0 Å². The van der Waals surface area contributed by atoms with Gasteiger partial charge < -0.3 is 10.1 Å². The minimum absolute atomic E-state index is 0.0345. The molecule has 0 aliphatic carbocycles. The molecule has 0 heterocycles. The molecule has 0 unspecified atom stereocenters. The van der Waals surface area contributed by atoms with Crippen molar-refractivity contribution in [3.8, 4) is 5.75 Å². The molecule has 134 valence electrons. The van der Waals surface area contributed by atoms with Crippen LogP contribution in [0.25, 0.3) is 0 Å². The Kier molecular flexibility index (Phi) is 6.47. The number of likely N-dealkylation sites (N-methyl/N-ethyl adjacent to an activating group) is 1. The highest BCUT2D eigenvalue weighted by Gasteiger charge is 2.19. The summed E-state index contributed by atoms with van der Waals surface area (Å²) in [7, 11) is 1.81. The molecule has 0 spiro atoms. The normalized spacial score (nSPS) is 12.1. The van der Waals surface area contributed by atoms with Crippen LogP contribution in [0, 0.1) is 11.6 Å². The van der Waals surface area contributed by atoms with Crippen LogP contribution in [0.3, 0.4) is 0 Å². The first-order valence-corrected chi connectivity index (χ1v) is 8.08. The second kappa shape index (κ2) is 8.58. The number of amides is 1. The monoisotopic (exact) mass is 348 g/mol. The summed E-state index contributed by atoms with van der Waals surface area (Å²) in [5.41, 5.74) is 0.992. The van der Waals surface area contributed by atoms with Crippen molar-refractivity contribution in [3.05, 3.63) is 59.7 Å². The van der Waals surface area contributed by atoms with E-state index in [-0.39, 0.29) is 11.6 Å². The fourth-order valence-electron chi connectivity index (χ4n) is 2.31. The molecule has 4 nitrogen and oxygen atoms in total. The first-order valence-electron chi connectivity index (χ1n) is 8.08. The summed E-state index contributed by atoms with van der Waals surface area (Å²) in [5.74, 6) is -1.05. The van der Waals surface area contributed by atoms with Gasteiger partial charge in [0.1, 0.15) is 17.4 Å². The van der Waals surface area contributed by atoms with E-state index < -0.39 is 17.7 Å². The van der Waals surface area contributed by atoms with Gasteiger partial charge in [-0.05, 0) is 50.7 Å². The summed E-state index contributed by atoms with van der Waals surface area (Å²) in [6.07, 6.45) is 0. The highest BCUT2D eigenvalue weighted by atomic mass is 19.1. The second-order valence-electron chi connectivity index (χ2n) is 5.78. The van der Waals surface area contributed by atoms with Crippen molar-refractivity contribution in [3.63, 3.8) is 0 Å². The molecule has 2 aromatic rings. The van der Waals surface area contributed by atoms with Crippen LogP contribution in [0.15, 0.2) is 42.5 Å². The number of ether oxygens (including phenoxy) is 1. The Morgan fingerprint density at radius 1 is 1.20 bits per heavy atom. The van der Waals surface area contributed by atoms with E-state index in [0.29, 0.717) is 13.2 Å². The zero-order valence-corrected chi connectivity index (χ0v) is 14.6. The lowest BCUT2D eigenvalue weighted by atomic mass is 10.1. The van der Waals surface area contributed by atoms with Gasteiger partial charge in [-0.1, -0.05) is 12.1 Å². The molecule has 1 N–H and O–H groups in total. The van der Waals surface area contributed by atoms with Gasteiger partial charge in [-0.25, -0.2) is 8.78 Å². The predicted octanol–water partition coefficient (Wildman–Crippen LogP) is 3.82. The first kappa shape index (κ1) is 18.9. The van der Waals surface area contributed by atoms with Crippen molar-refractivity contribution >= 4 is 11.6 Å². The van der Waals surface area contributed by atoms with Crippen LogP contribution in [0.5, 0.6) is 5.75 Å². The van der Waals surface area contributed by atoms with Crippen LogP contribution in [-0.4, -0.2) is 30.5 Å². The van der Waals surface area contributed by atoms with Crippen LogP contribution >= 0.6 is 0 Å². The number of rotatable bonds is 7. The Hall–Kier alpha value is -2.47. The maximum atomic E-state index is 13.6. The Labute approximate surface area is 146 Å². The zero-order chi connectivity index (χ0) is 18.4. The van der Waals surface area contributed by atoms with Crippen LogP contribution in [0.1, 0.15) is 19.4 Å². The summed E-state index contributed by atoms with van der Waals surface area (Å²) in [6, 6.07) is 10.2. The van der Waals surface area contributed by atoms with Gasteiger partial charge in [-0.3, -0.25) is 9.69 Å². The molecule has 0 bridgehead atoms. The minimum atomic E-state index is -0.797. The molecule has 0 aliphatic heterocycles. The SMILES string of the molecule is CCOc1ccc(CN(C)[C@@H](C)C(=O)Nc2ccc(F)cc2F)cc1. The van der Waals surface area contributed by atoms with E-state index in [1.54, 1.807) is 6.92 Å². The topological polar surface area (TPSA) is 41.6 Å². The van der Waals surface area contributed by atoms with Gasteiger partial charge in [0, 0.05) is 12.6 Å². The Bertz CT molecular complexity index is 720. The standard InChI is InChI=1S/C19H22F2N2O2/c1-4-25-16-8-5-14(6-9-16)12-23(3)13(2)19(24)22-18-10-7-15(20)11-17(18)21/h5-11,13H,4,12H2,1-3H3,(H,22,24)/t13-/m0/s1. The summed E-state index contributed by atoms with van der Waals surface area (Å²) >= 11 is 0. The number of halogens is 2. The highest BCUT2D eigenvalue weighted by Crippen LogP contribution is 2.17. The van der Waals surface area contributed by atoms with Gasteiger partial charge in [-0.2, -0.15) is 0 Å². The van der Waals surface area contributed by atoms with Crippen molar-refractivity contribution in [1.29, 1.82) is 0 Å². The second-order valence-corrected chi connectivity index (χ2v) is 5.78. The molecule has 25 heavy (non-hydrogen) atoms. The molecule has 0 aliphatic rings. The molecule has 6 heteroatoms. The minimum Gasteiger partial charge on any atom is -0.494 e. The van der Waals surface area contributed by atoms with E-state index in [1.807, 2.05) is 43.1 Å². The number of nitrogens with one attached hydrogen (secondary N) is 1. The predicted molar refractivity (Wildman–Crippen MR) is 93.5 cm³/mol. The third-order valence-electron chi connectivity index (χ3n) is 3.90. The maximum absolute atomic E-state index is 13.6. The quantitative estimate of drug-likeness (QED) is 0.827. The van der Waals surface area contributed by atoms with Gasteiger partial charge >= 0.3 is 0 Å². The zero-order valence-electron chi connectivity index (χ0n) is 14.6. The molecule has 0 fully saturated rings. The van der Waals surface area contributed by atoms with Gasteiger partial charge in [0.2, 0.25) is 5.91 Å². The molecule has 1 amide bonds. The average molecular weight is 348 g/mol. The lowest BCUT2D eigenvalue weighted by molar-refractivity contribution is -0.120. The maximum Gasteiger partial charge on any atom is 0.241 e. The van der Waals surface area contributed by atoms with E-state index in [2.05, 4.69) is 5.32 Å². The number of anilines is 1. The number of nitrogens with zero attached hydrogens (tertiary/aromatic N) is 1. The fraction of sp³-hybridized carbons (Fsp3) is 0.316. The first-order chi connectivity index (χ1) is 11.9. The van der Waals surface area contributed by atoms with E-state index in [1.165, 1.54) is 6.07 Å². The van der Waals surface area contributed by atoms with Crippen molar-refractivity contribution in [2.75, 3.05) is 19.0 Å². The van der Waals surface area contributed by atoms with E-state index >= 15 is 0 Å². The number of carbonyl (C=O) groups excluding carboxylic acids is 1. The van der Waals surface area contributed by atoms with Gasteiger partial charge in [0.25, 0.3) is 0 Å². The Balaban J connectivity index is 1.96. The van der Waals surface area contributed by atoms with Gasteiger partial charge in [-0.15, -0.1) is 0 Å². The molecular formula is C19H22F2N2O2. The summed E-state index contributed by atoms with van der Waals surface area (Å²) in [6.45, 7) is 4.81. The summed E-state index contributed by atoms with van der Waals surface area (Å²) in [5, 5.41) is 2.49. The molecule has 0 radical (unpaired) electrons. The lowest BCUT2D eigenvalue weighted by Gasteiger charge is -2.24. The lowest BCUT2D eigenvalue weighted by Crippen LogP contribution is -2.39. The van der Waals surface area contributed by atoms with Crippen LogP contribution in [0.2, 0.25) is 0 Å².